The van der Waals surface area contributed by atoms with E-state index in [1.54, 1.807) is 18.2 Å². The van der Waals surface area contributed by atoms with Gasteiger partial charge in [-0.1, -0.05) is 35.6 Å². The Morgan fingerprint density at radius 1 is 1.00 bits per heavy atom. The lowest BCUT2D eigenvalue weighted by Crippen LogP contribution is -1.82. The van der Waals surface area contributed by atoms with Gasteiger partial charge in [0.25, 0.3) is 5.19 Å². The number of ether oxygens (including phenoxy) is 1. The Bertz CT molecular complexity index is 630. The maximum atomic E-state index is 11.5. The van der Waals surface area contributed by atoms with Crippen molar-refractivity contribution in [2.45, 2.75) is 0 Å². The van der Waals surface area contributed by atoms with Crippen molar-refractivity contribution in [3.8, 4) is 16.7 Å². The van der Waals surface area contributed by atoms with Crippen molar-refractivity contribution in [2.24, 2.45) is 0 Å². The minimum atomic E-state index is -0.133. The fourth-order valence-electron chi connectivity index (χ4n) is 1.52. The van der Waals surface area contributed by atoms with Crippen LogP contribution in [0.25, 0.3) is 10.2 Å². The standard InChI is InChI=1S/C13H8NO2S/c15-10-6-2-3-7-11(10)16-13-14-9-5-1-4-8-12(9)17-13/h1-8H. The summed E-state index contributed by atoms with van der Waals surface area (Å²) in [5.74, 6) is 0.179. The normalized spacial score (nSPS) is 10.6. The smallest absolute Gasteiger partial charge is 0.279 e. The number of hydrogen-bond donors (Lipinski definition) is 0. The summed E-state index contributed by atoms with van der Waals surface area (Å²) >= 11 is 1.43. The minimum Gasteiger partial charge on any atom is -0.427 e. The van der Waals surface area contributed by atoms with Gasteiger partial charge in [0, 0.05) is 0 Å². The highest BCUT2D eigenvalue weighted by molar-refractivity contribution is 7.20. The molecule has 0 bridgehead atoms. The van der Waals surface area contributed by atoms with Crippen molar-refractivity contribution < 1.29 is 9.84 Å². The van der Waals surface area contributed by atoms with Crippen molar-refractivity contribution in [1.82, 2.24) is 4.98 Å². The fourth-order valence-corrected chi connectivity index (χ4v) is 2.35. The van der Waals surface area contributed by atoms with Crippen LogP contribution in [0, 0.1) is 0 Å². The Hall–Kier alpha value is -2.07. The van der Waals surface area contributed by atoms with E-state index in [2.05, 4.69) is 4.98 Å². The van der Waals surface area contributed by atoms with Crippen LogP contribution in [0.2, 0.25) is 0 Å². The summed E-state index contributed by atoms with van der Waals surface area (Å²) in [6, 6.07) is 14.3. The topological polar surface area (TPSA) is 42.0 Å². The summed E-state index contributed by atoms with van der Waals surface area (Å²) in [5.41, 5.74) is 0.885. The first-order valence-corrected chi connectivity index (χ1v) is 5.94. The lowest BCUT2D eigenvalue weighted by atomic mass is 10.3. The Kier molecular flexibility index (Phi) is 2.42. The van der Waals surface area contributed by atoms with Gasteiger partial charge in [-0.05, 0) is 24.3 Å². The Morgan fingerprint density at radius 2 is 1.76 bits per heavy atom. The highest BCUT2D eigenvalue weighted by Crippen LogP contribution is 2.34. The van der Waals surface area contributed by atoms with Gasteiger partial charge in [-0.3, -0.25) is 5.11 Å². The van der Waals surface area contributed by atoms with Crippen LogP contribution >= 0.6 is 11.3 Å². The molecule has 3 rings (SSSR count). The van der Waals surface area contributed by atoms with Gasteiger partial charge in [-0.25, -0.2) is 4.98 Å². The Labute approximate surface area is 102 Å². The monoisotopic (exact) mass is 242 g/mol. The zero-order valence-corrected chi connectivity index (χ0v) is 9.61. The zero-order valence-electron chi connectivity index (χ0n) is 8.79. The summed E-state index contributed by atoms with van der Waals surface area (Å²) in [7, 11) is 0. The number of nitrogens with zero attached hydrogens (tertiary/aromatic N) is 1. The lowest BCUT2D eigenvalue weighted by molar-refractivity contribution is 0.329. The first kappa shape index (κ1) is 10.1. The van der Waals surface area contributed by atoms with Gasteiger partial charge >= 0.3 is 0 Å². The number of aromatic nitrogens is 1. The van der Waals surface area contributed by atoms with Crippen LogP contribution in [0.5, 0.6) is 16.7 Å². The summed E-state index contributed by atoms with van der Waals surface area (Å²) < 4.78 is 6.54. The first-order chi connectivity index (χ1) is 8.33. The predicted molar refractivity (Wildman–Crippen MR) is 66.3 cm³/mol. The summed E-state index contributed by atoms with van der Waals surface area (Å²) in [6.45, 7) is 0. The van der Waals surface area contributed by atoms with Gasteiger partial charge in [0.2, 0.25) is 5.75 Å². The molecule has 0 unspecified atom stereocenters. The van der Waals surface area contributed by atoms with Gasteiger partial charge in [-0.15, -0.1) is 0 Å². The highest BCUT2D eigenvalue weighted by Gasteiger charge is 2.08. The molecule has 0 aliphatic carbocycles. The summed E-state index contributed by atoms with van der Waals surface area (Å²) in [6.07, 6.45) is 0. The van der Waals surface area contributed by atoms with Crippen LogP contribution in [0.1, 0.15) is 0 Å². The van der Waals surface area contributed by atoms with E-state index in [0.29, 0.717) is 10.9 Å². The summed E-state index contributed by atoms with van der Waals surface area (Å²) in [4.78, 5) is 4.31. The largest absolute Gasteiger partial charge is 0.427 e. The van der Waals surface area contributed by atoms with Crippen LogP contribution in [-0.4, -0.2) is 4.98 Å². The third-order valence-electron chi connectivity index (χ3n) is 2.32. The van der Waals surface area contributed by atoms with E-state index in [-0.39, 0.29) is 5.75 Å². The van der Waals surface area contributed by atoms with Crippen LogP contribution in [-0.2, 0) is 5.11 Å². The van der Waals surface area contributed by atoms with E-state index < -0.39 is 0 Å². The molecule has 17 heavy (non-hydrogen) atoms. The van der Waals surface area contributed by atoms with Crippen molar-refractivity contribution in [2.75, 3.05) is 0 Å². The number of para-hydroxylation sites is 3. The van der Waals surface area contributed by atoms with E-state index in [1.807, 2.05) is 24.3 Å². The number of thiazole rings is 1. The van der Waals surface area contributed by atoms with Crippen molar-refractivity contribution in [3.05, 3.63) is 48.5 Å². The molecule has 0 spiro atoms. The molecule has 0 aliphatic heterocycles. The molecular weight excluding hydrogens is 234 g/mol. The van der Waals surface area contributed by atoms with E-state index in [9.17, 15) is 5.11 Å². The molecule has 0 saturated carbocycles. The molecule has 3 aromatic rings. The van der Waals surface area contributed by atoms with Crippen LogP contribution in [0.15, 0.2) is 48.5 Å². The molecule has 0 fully saturated rings. The maximum absolute atomic E-state index is 11.5. The second kappa shape index (κ2) is 4.07. The molecule has 1 aromatic heterocycles. The number of fused-ring (bicyclic) bond motifs is 1. The van der Waals surface area contributed by atoms with Crippen LogP contribution in [0.3, 0.4) is 0 Å². The molecule has 3 nitrogen and oxygen atoms in total. The van der Waals surface area contributed by atoms with Crippen molar-refractivity contribution in [3.63, 3.8) is 0 Å². The van der Waals surface area contributed by atoms with E-state index in [0.717, 1.165) is 10.2 Å². The third-order valence-corrected chi connectivity index (χ3v) is 3.24. The number of rotatable bonds is 2. The van der Waals surface area contributed by atoms with Crippen LogP contribution < -0.4 is 4.74 Å². The van der Waals surface area contributed by atoms with E-state index in [4.69, 9.17) is 4.74 Å². The zero-order chi connectivity index (χ0) is 11.7. The molecule has 1 heterocycles. The Balaban J connectivity index is 1.98. The predicted octanol–water partition coefficient (Wildman–Crippen LogP) is 4.23. The molecule has 1 radical (unpaired) electrons. The second-order valence-corrected chi connectivity index (χ2v) is 4.49. The maximum Gasteiger partial charge on any atom is 0.279 e. The highest BCUT2D eigenvalue weighted by atomic mass is 32.1. The molecule has 0 aliphatic rings. The average molecular weight is 242 g/mol. The van der Waals surface area contributed by atoms with Gasteiger partial charge in [0.1, 0.15) is 0 Å². The van der Waals surface area contributed by atoms with E-state index >= 15 is 0 Å². The molecular formula is C13H8NO2S. The average Bonchev–Trinajstić information content (AvgIpc) is 2.74. The molecule has 0 atom stereocenters. The molecule has 83 valence electrons. The minimum absolute atomic E-state index is 0.133. The second-order valence-electron chi connectivity index (χ2n) is 3.50. The Morgan fingerprint density at radius 3 is 2.59 bits per heavy atom. The lowest BCUT2D eigenvalue weighted by Gasteiger charge is -2.00. The SMILES string of the molecule is [O]c1ccccc1Oc1nc2ccccc2s1. The molecule has 2 aromatic carbocycles. The third kappa shape index (κ3) is 1.94. The van der Waals surface area contributed by atoms with Gasteiger partial charge in [-0.2, -0.15) is 0 Å². The number of hydrogen-bond acceptors (Lipinski definition) is 3. The van der Waals surface area contributed by atoms with Crippen LogP contribution in [0.4, 0.5) is 0 Å². The number of benzene rings is 2. The molecule has 0 N–H and O–H groups in total. The molecule has 0 amide bonds. The van der Waals surface area contributed by atoms with Crippen molar-refractivity contribution >= 4 is 21.6 Å². The van der Waals surface area contributed by atoms with Gasteiger partial charge < -0.3 is 4.74 Å². The molecule has 0 saturated heterocycles. The summed E-state index contributed by atoms with van der Waals surface area (Å²) in [5, 5.41) is 12.0. The molecule has 4 heteroatoms. The quantitative estimate of drug-likeness (QED) is 0.674. The van der Waals surface area contributed by atoms with Gasteiger partial charge in [0.15, 0.2) is 5.75 Å². The first-order valence-electron chi connectivity index (χ1n) is 5.12. The van der Waals surface area contributed by atoms with Gasteiger partial charge in [0.05, 0.1) is 10.2 Å². The fraction of sp³-hybridized carbons (Fsp3) is 0. The van der Waals surface area contributed by atoms with E-state index in [1.165, 1.54) is 17.4 Å². The van der Waals surface area contributed by atoms with Crippen molar-refractivity contribution in [1.29, 1.82) is 0 Å².